The Morgan fingerprint density at radius 2 is 1.97 bits per heavy atom. The van der Waals surface area contributed by atoms with Gasteiger partial charge in [-0.25, -0.2) is 9.78 Å². The molecule has 0 atom stereocenters. The lowest BCUT2D eigenvalue weighted by atomic mass is 10.0. The van der Waals surface area contributed by atoms with Crippen molar-refractivity contribution in [1.29, 1.82) is 5.26 Å². The minimum Gasteiger partial charge on any atom is -0.491 e. The first-order valence-electron chi connectivity index (χ1n) is 11.5. The molecule has 0 saturated carbocycles. The maximum atomic E-state index is 13.4. The van der Waals surface area contributed by atoms with Crippen LogP contribution in [0.3, 0.4) is 0 Å². The maximum Gasteiger partial charge on any atom is 0.338 e. The maximum absolute atomic E-state index is 13.4. The van der Waals surface area contributed by atoms with Gasteiger partial charge in [0.15, 0.2) is 0 Å². The Labute approximate surface area is 235 Å². The molecule has 0 aliphatic heterocycles. The molecule has 5 aromatic rings. The zero-order valence-electron chi connectivity index (χ0n) is 20.6. The number of aromatic nitrogens is 3. The summed E-state index contributed by atoms with van der Waals surface area (Å²) in [6.45, 7) is 3.69. The van der Waals surface area contributed by atoms with E-state index >= 15 is 0 Å². The Morgan fingerprint density at radius 3 is 2.69 bits per heavy atom. The summed E-state index contributed by atoms with van der Waals surface area (Å²) in [4.78, 5) is 33.9. The number of anilines is 1. The predicted octanol–water partition coefficient (Wildman–Crippen LogP) is 5.83. The van der Waals surface area contributed by atoms with Crippen LogP contribution >= 0.6 is 34.5 Å². The van der Waals surface area contributed by atoms with E-state index in [1.54, 1.807) is 37.4 Å². The average Bonchev–Trinajstić information content (AvgIpc) is 3.31. The van der Waals surface area contributed by atoms with Crippen molar-refractivity contribution < 1.29 is 14.6 Å². The van der Waals surface area contributed by atoms with Gasteiger partial charge < -0.3 is 15.6 Å². The number of carbonyl (C=O) groups is 1. The van der Waals surface area contributed by atoms with Gasteiger partial charge in [-0.3, -0.25) is 14.3 Å². The van der Waals surface area contributed by atoms with E-state index in [1.165, 1.54) is 22.0 Å². The molecule has 9 nitrogen and oxygen atoms in total. The van der Waals surface area contributed by atoms with Gasteiger partial charge in [-0.05, 0) is 44.2 Å². The van der Waals surface area contributed by atoms with Crippen molar-refractivity contribution in [1.82, 2.24) is 14.5 Å². The summed E-state index contributed by atoms with van der Waals surface area (Å²) >= 11 is 13.7. The summed E-state index contributed by atoms with van der Waals surface area (Å²) in [5, 5.41) is 21.5. The number of pyridine rings is 1. The van der Waals surface area contributed by atoms with Crippen LogP contribution < -0.4 is 16.0 Å². The van der Waals surface area contributed by atoms with E-state index < -0.39 is 11.5 Å². The summed E-state index contributed by atoms with van der Waals surface area (Å²) in [5.41, 5.74) is 8.38. The van der Waals surface area contributed by atoms with Crippen molar-refractivity contribution in [3.8, 4) is 22.9 Å². The number of fused-ring (bicyclic) bond motifs is 2. The van der Waals surface area contributed by atoms with Crippen molar-refractivity contribution >= 4 is 67.3 Å². The van der Waals surface area contributed by atoms with E-state index in [-0.39, 0.29) is 40.4 Å². The van der Waals surface area contributed by atoms with E-state index in [9.17, 15) is 20.0 Å². The lowest BCUT2D eigenvalue weighted by molar-refractivity contribution is 0.0699. The number of hydrogen-bond acceptors (Lipinski definition) is 8. The summed E-state index contributed by atoms with van der Waals surface area (Å²) in [6.07, 6.45) is 0. The Balaban J connectivity index is 1.52. The third-order valence-corrected chi connectivity index (χ3v) is 7.78. The van der Waals surface area contributed by atoms with Crippen LogP contribution in [0.5, 0.6) is 5.75 Å². The lowest BCUT2D eigenvalue weighted by Gasteiger charge is -2.16. The molecule has 196 valence electrons. The molecule has 0 aliphatic carbocycles. The first-order chi connectivity index (χ1) is 18.6. The van der Waals surface area contributed by atoms with Crippen LogP contribution in [0.1, 0.15) is 27.4 Å². The Kier molecular flexibility index (Phi) is 6.91. The minimum absolute atomic E-state index is 0.0154. The molecule has 39 heavy (non-hydrogen) atoms. The fourth-order valence-corrected chi connectivity index (χ4v) is 5.81. The average molecular weight is 580 g/mol. The number of carboxylic acid groups (broad SMARTS) is 1. The molecular formula is C27H19Cl2N5O4S. The normalized spacial score (nSPS) is 11.2. The lowest BCUT2D eigenvalue weighted by Crippen LogP contribution is -2.27. The molecule has 0 amide bonds. The topological polar surface area (TPSA) is 144 Å². The van der Waals surface area contributed by atoms with E-state index in [0.717, 1.165) is 5.56 Å². The van der Waals surface area contributed by atoms with Crippen LogP contribution in [0.4, 0.5) is 5.69 Å². The fraction of sp³-hybridized carbons (Fsp3) is 0.148. The molecule has 0 bridgehead atoms. The van der Waals surface area contributed by atoms with Crippen molar-refractivity contribution in [2.24, 2.45) is 0 Å². The molecule has 0 fully saturated rings. The molecule has 0 aliphatic rings. The van der Waals surface area contributed by atoms with Crippen molar-refractivity contribution in [3.63, 3.8) is 0 Å². The van der Waals surface area contributed by atoms with Gasteiger partial charge in [0, 0.05) is 27.2 Å². The number of carboxylic acids is 1. The monoisotopic (exact) mass is 579 g/mol. The number of thiophene rings is 1. The predicted molar refractivity (Wildman–Crippen MR) is 152 cm³/mol. The van der Waals surface area contributed by atoms with Crippen LogP contribution in [0.2, 0.25) is 10.0 Å². The van der Waals surface area contributed by atoms with Gasteiger partial charge in [-0.2, -0.15) is 5.26 Å². The number of rotatable bonds is 6. The molecule has 0 spiro atoms. The number of ether oxygens (including phenoxy) is 1. The SMILES string of the molecule is Cc1cc(-c2cc(Cl)ccc2OCCn2c(C)nc3cc(Cl)c(N)c(C#N)c3c2=O)c2scc(C(=O)O)c2n1. The van der Waals surface area contributed by atoms with Crippen molar-refractivity contribution in [2.75, 3.05) is 12.3 Å². The summed E-state index contributed by atoms with van der Waals surface area (Å²) < 4.78 is 8.23. The van der Waals surface area contributed by atoms with Crippen LogP contribution in [0, 0.1) is 25.2 Å². The highest BCUT2D eigenvalue weighted by molar-refractivity contribution is 7.18. The molecule has 3 N–H and O–H groups in total. The van der Waals surface area contributed by atoms with Gasteiger partial charge in [0.25, 0.3) is 5.56 Å². The smallest absolute Gasteiger partial charge is 0.338 e. The highest BCUT2D eigenvalue weighted by Gasteiger charge is 2.20. The number of nitrogen functional groups attached to an aromatic ring is 1. The summed E-state index contributed by atoms with van der Waals surface area (Å²) in [7, 11) is 0. The second-order valence-electron chi connectivity index (χ2n) is 8.70. The van der Waals surface area contributed by atoms with Gasteiger partial charge >= 0.3 is 5.97 Å². The number of nitriles is 1. The van der Waals surface area contributed by atoms with Gasteiger partial charge in [0.05, 0.1) is 49.5 Å². The molecule has 2 aromatic carbocycles. The van der Waals surface area contributed by atoms with E-state index in [4.69, 9.17) is 33.7 Å². The number of halogens is 2. The van der Waals surface area contributed by atoms with Gasteiger partial charge in [-0.15, -0.1) is 11.3 Å². The Bertz CT molecular complexity index is 1930. The minimum atomic E-state index is -1.05. The van der Waals surface area contributed by atoms with E-state index in [1.807, 2.05) is 12.1 Å². The molecular weight excluding hydrogens is 561 g/mol. The van der Waals surface area contributed by atoms with Gasteiger partial charge in [0.1, 0.15) is 24.3 Å². The zero-order valence-corrected chi connectivity index (χ0v) is 22.9. The highest BCUT2D eigenvalue weighted by atomic mass is 35.5. The molecule has 0 unspecified atom stereocenters. The van der Waals surface area contributed by atoms with E-state index in [2.05, 4.69) is 9.97 Å². The van der Waals surface area contributed by atoms with Gasteiger partial charge in [-0.1, -0.05) is 23.2 Å². The number of nitrogens with two attached hydrogens (primary N) is 1. The first kappa shape index (κ1) is 26.4. The quantitative estimate of drug-likeness (QED) is 0.239. The Morgan fingerprint density at radius 1 is 1.21 bits per heavy atom. The summed E-state index contributed by atoms with van der Waals surface area (Å²) in [6, 6.07) is 10.4. The Hall–Kier alpha value is -4.17. The van der Waals surface area contributed by atoms with Crippen LogP contribution in [0.25, 0.3) is 32.2 Å². The number of hydrogen-bond donors (Lipinski definition) is 2. The van der Waals surface area contributed by atoms with Crippen LogP contribution in [0.15, 0.2) is 40.5 Å². The molecule has 5 rings (SSSR count). The molecule has 3 aromatic heterocycles. The standard InChI is InChI=1S/C27H19Cl2N5O4S/c1-12-7-16(25-24(32-12)18(11-39-25)27(36)37)15-8-14(28)3-4-21(15)38-6-5-34-13(2)33-20-9-19(29)23(31)17(10-30)22(20)26(34)35/h3-4,7-9,11H,5-6,31H2,1-2H3,(H,36,37). The molecule has 0 saturated heterocycles. The molecule has 12 heteroatoms. The van der Waals surface area contributed by atoms with Crippen molar-refractivity contribution in [3.05, 3.63) is 78.8 Å². The van der Waals surface area contributed by atoms with Crippen molar-refractivity contribution in [2.45, 2.75) is 20.4 Å². The van der Waals surface area contributed by atoms with Gasteiger partial charge in [0.2, 0.25) is 0 Å². The van der Waals surface area contributed by atoms with Crippen LogP contribution in [-0.4, -0.2) is 32.2 Å². The zero-order chi connectivity index (χ0) is 28.0. The second-order valence-corrected chi connectivity index (χ2v) is 10.4. The number of aromatic carboxylic acids is 1. The third-order valence-electron chi connectivity index (χ3n) is 6.23. The largest absolute Gasteiger partial charge is 0.491 e. The molecule has 3 heterocycles. The fourth-order valence-electron chi connectivity index (χ4n) is 4.43. The van der Waals surface area contributed by atoms with E-state index in [0.29, 0.717) is 43.6 Å². The second kappa shape index (κ2) is 10.2. The number of nitrogens with zero attached hydrogens (tertiary/aromatic N) is 4. The van der Waals surface area contributed by atoms with Crippen LogP contribution in [-0.2, 0) is 6.54 Å². The third kappa shape index (κ3) is 4.65. The summed E-state index contributed by atoms with van der Waals surface area (Å²) in [5.74, 6) is -0.144. The number of aryl methyl sites for hydroxylation is 2. The highest BCUT2D eigenvalue weighted by Crippen LogP contribution is 2.40. The first-order valence-corrected chi connectivity index (χ1v) is 13.2. The molecule has 0 radical (unpaired) electrons. The number of benzene rings is 2.